The molecule has 33 heavy (non-hydrogen) atoms. The standard InChI is InChI=1S/C25H27FN2O4S/c1-28(33(30,31)23-16-12-21(26)13-17-23)18-6-9-24(29)27-25(19-7-4-3-5-8-19)20-10-14-22(32-2)15-11-20/h3-5,7-8,10-17,25H,6,9,18H2,1-2H3,(H,27,29). The summed E-state index contributed by atoms with van der Waals surface area (Å²) in [5.41, 5.74) is 1.85. The molecule has 1 amide bonds. The quantitative estimate of drug-likeness (QED) is 0.483. The van der Waals surface area contributed by atoms with E-state index in [1.807, 2.05) is 54.6 Å². The molecule has 174 valence electrons. The number of nitrogens with zero attached hydrogens (tertiary/aromatic N) is 1. The van der Waals surface area contributed by atoms with E-state index < -0.39 is 15.8 Å². The number of halogens is 1. The zero-order valence-electron chi connectivity index (χ0n) is 18.6. The number of carbonyl (C=O) groups excluding carboxylic acids is 1. The molecule has 0 aliphatic rings. The zero-order valence-corrected chi connectivity index (χ0v) is 19.4. The van der Waals surface area contributed by atoms with Crippen LogP contribution in [0.2, 0.25) is 0 Å². The second kappa shape index (κ2) is 11.1. The van der Waals surface area contributed by atoms with Gasteiger partial charge in [-0.2, -0.15) is 0 Å². The van der Waals surface area contributed by atoms with Crippen molar-refractivity contribution >= 4 is 15.9 Å². The number of carbonyl (C=O) groups is 1. The largest absolute Gasteiger partial charge is 0.497 e. The maximum absolute atomic E-state index is 13.1. The molecule has 1 unspecified atom stereocenters. The third kappa shape index (κ3) is 6.40. The molecule has 0 radical (unpaired) electrons. The van der Waals surface area contributed by atoms with Gasteiger partial charge in [0.05, 0.1) is 18.0 Å². The van der Waals surface area contributed by atoms with Gasteiger partial charge in [-0.1, -0.05) is 42.5 Å². The monoisotopic (exact) mass is 470 g/mol. The van der Waals surface area contributed by atoms with E-state index in [2.05, 4.69) is 5.32 Å². The highest BCUT2D eigenvalue weighted by Crippen LogP contribution is 2.24. The van der Waals surface area contributed by atoms with Gasteiger partial charge < -0.3 is 10.1 Å². The van der Waals surface area contributed by atoms with Gasteiger partial charge in [-0.15, -0.1) is 0 Å². The molecule has 1 atom stereocenters. The molecule has 0 aromatic heterocycles. The first-order valence-corrected chi connectivity index (χ1v) is 12.0. The van der Waals surface area contributed by atoms with Crippen LogP contribution in [0.25, 0.3) is 0 Å². The Morgan fingerprint density at radius 2 is 1.58 bits per heavy atom. The van der Waals surface area contributed by atoms with E-state index in [-0.39, 0.29) is 29.8 Å². The minimum absolute atomic E-state index is 0.0134. The molecule has 8 heteroatoms. The van der Waals surface area contributed by atoms with E-state index in [1.54, 1.807) is 7.11 Å². The molecule has 0 spiro atoms. The number of methoxy groups -OCH3 is 1. The Bertz CT molecular complexity index is 1150. The van der Waals surface area contributed by atoms with Crippen molar-refractivity contribution in [3.63, 3.8) is 0 Å². The van der Waals surface area contributed by atoms with E-state index in [9.17, 15) is 17.6 Å². The summed E-state index contributed by atoms with van der Waals surface area (Å²) in [6.07, 6.45) is 0.496. The predicted molar refractivity (Wildman–Crippen MR) is 125 cm³/mol. The van der Waals surface area contributed by atoms with Crippen LogP contribution in [0.4, 0.5) is 4.39 Å². The van der Waals surface area contributed by atoms with Crippen LogP contribution in [0.3, 0.4) is 0 Å². The number of sulfonamides is 1. The average Bonchev–Trinajstić information content (AvgIpc) is 2.83. The van der Waals surface area contributed by atoms with Crippen LogP contribution in [-0.2, 0) is 14.8 Å². The fraction of sp³-hybridized carbons (Fsp3) is 0.240. The number of hydrogen-bond acceptors (Lipinski definition) is 4. The van der Waals surface area contributed by atoms with Gasteiger partial charge in [0.25, 0.3) is 0 Å². The fourth-order valence-electron chi connectivity index (χ4n) is 3.40. The third-order valence-electron chi connectivity index (χ3n) is 5.29. The summed E-state index contributed by atoms with van der Waals surface area (Å²) < 4.78 is 44.7. The molecular formula is C25H27FN2O4S. The molecule has 0 heterocycles. The highest BCUT2D eigenvalue weighted by Gasteiger charge is 2.21. The molecule has 1 N–H and O–H groups in total. The topological polar surface area (TPSA) is 75.7 Å². The summed E-state index contributed by atoms with van der Waals surface area (Å²) in [6.45, 7) is 0.158. The van der Waals surface area contributed by atoms with Gasteiger partial charge in [0.2, 0.25) is 15.9 Å². The number of benzene rings is 3. The molecular weight excluding hydrogens is 443 g/mol. The number of nitrogens with one attached hydrogen (secondary N) is 1. The zero-order chi connectivity index (χ0) is 23.8. The first-order valence-electron chi connectivity index (χ1n) is 10.5. The summed E-state index contributed by atoms with van der Waals surface area (Å²) in [5, 5.41) is 3.05. The van der Waals surface area contributed by atoms with Crippen molar-refractivity contribution < 1.29 is 22.3 Å². The summed E-state index contributed by atoms with van der Waals surface area (Å²) in [7, 11) is -0.705. The van der Waals surface area contributed by atoms with Crippen LogP contribution in [0.15, 0.2) is 83.8 Å². The summed E-state index contributed by atoms with van der Waals surface area (Å²) in [4.78, 5) is 12.7. The molecule has 0 saturated carbocycles. The number of ether oxygens (including phenoxy) is 1. The smallest absolute Gasteiger partial charge is 0.242 e. The van der Waals surface area contributed by atoms with Crippen LogP contribution >= 0.6 is 0 Å². The summed E-state index contributed by atoms with van der Waals surface area (Å²) in [6, 6.07) is 21.4. The van der Waals surface area contributed by atoms with Gasteiger partial charge >= 0.3 is 0 Å². The Balaban J connectivity index is 1.62. The second-order valence-electron chi connectivity index (χ2n) is 7.57. The first kappa shape index (κ1) is 24.4. The Hall–Kier alpha value is -3.23. The SMILES string of the molecule is COc1ccc(C(NC(=O)CCCN(C)S(=O)(=O)c2ccc(F)cc2)c2ccccc2)cc1. The lowest BCUT2D eigenvalue weighted by Gasteiger charge is -2.21. The maximum Gasteiger partial charge on any atom is 0.242 e. The lowest BCUT2D eigenvalue weighted by molar-refractivity contribution is -0.121. The van der Waals surface area contributed by atoms with E-state index in [4.69, 9.17) is 4.74 Å². The predicted octanol–water partition coefficient (Wildman–Crippen LogP) is 4.14. The molecule has 3 aromatic carbocycles. The van der Waals surface area contributed by atoms with Crippen LogP contribution < -0.4 is 10.1 Å². The normalized spacial score (nSPS) is 12.4. The first-order chi connectivity index (χ1) is 15.8. The van der Waals surface area contributed by atoms with Gasteiger partial charge in [-0.3, -0.25) is 4.79 Å². The summed E-state index contributed by atoms with van der Waals surface area (Å²) >= 11 is 0. The van der Waals surface area contributed by atoms with Gasteiger partial charge in [0.15, 0.2) is 0 Å². The molecule has 0 aliphatic carbocycles. The van der Waals surface area contributed by atoms with E-state index >= 15 is 0 Å². The molecule has 0 fully saturated rings. The molecule has 6 nitrogen and oxygen atoms in total. The second-order valence-corrected chi connectivity index (χ2v) is 9.61. The Morgan fingerprint density at radius 1 is 0.970 bits per heavy atom. The van der Waals surface area contributed by atoms with Gasteiger partial charge in [-0.05, 0) is 53.9 Å². The lowest BCUT2D eigenvalue weighted by atomic mass is 9.98. The number of hydrogen-bond donors (Lipinski definition) is 1. The molecule has 0 aliphatic heterocycles. The van der Waals surface area contributed by atoms with Crippen LogP contribution in [0, 0.1) is 5.82 Å². The van der Waals surface area contributed by atoms with Gasteiger partial charge in [-0.25, -0.2) is 17.1 Å². The number of rotatable bonds is 10. The fourth-order valence-corrected chi connectivity index (χ4v) is 4.61. The van der Waals surface area contributed by atoms with E-state index in [0.29, 0.717) is 6.42 Å². The minimum Gasteiger partial charge on any atom is -0.497 e. The van der Waals surface area contributed by atoms with Crippen molar-refractivity contribution in [1.29, 1.82) is 0 Å². The molecule has 3 aromatic rings. The van der Waals surface area contributed by atoms with Crippen LogP contribution in [-0.4, -0.2) is 39.3 Å². The van der Waals surface area contributed by atoms with Gasteiger partial charge in [0, 0.05) is 20.0 Å². The number of amides is 1. The molecule has 0 bridgehead atoms. The van der Waals surface area contributed by atoms with Crippen molar-refractivity contribution in [2.45, 2.75) is 23.8 Å². The van der Waals surface area contributed by atoms with Crippen LogP contribution in [0.5, 0.6) is 5.75 Å². The van der Waals surface area contributed by atoms with E-state index in [1.165, 1.54) is 23.5 Å². The summed E-state index contributed by atoms with van der Waals surface area (Å²) in [5.74, 6) is 0.0349. The van der Waals surface area contributed by atoms with Gasteiger partial charge in [0.1, 0.15) is 11.6 Å². The Labute approximate surface area is 194 Å². The van der Waals surface area contributed by atoms with Crippen molar-refractivity contribution in [2.24, 2.45) is 0 Å². The lowest BCUT2D eigenvalue weighted by Crippen LogP contribution is -2.31. The highest BCUT2D eigenvalue weighted by atomic mass is 32.2. The van der Waals surface area contributed by atoms with Crippen molar-refractivity contribution in [3.05, 3.63) is 95.8 Å². The van der Waals surface area contributed by atoms with Crippen molar-refractivity contribution in [1.82, 2.24) is 9.62 Å². The Morgan fingerprint density at radius 3 is 2.18 bits per heavy atom. The maximum atomic E-state index is 13.1. The minimum atomic E-state index is -3.75. The van der Waals surface area contributed by atoms with Crippen molar-refractivity contribution in [2.75, 3.05) is 20.7 Å². The highest BCUT2D eigenvalue weighted by molar-refractivity contribution is 7.89. The Kier molecular flexibility index (Phi) is 8.19. The third-order valence-corrected chi connectivity index (χ3v) is 7.16. The molecule has 3 rings (SSSR count). The molecule has 0 saturated heterocycles. The van der Waals surface area contributed by atoms with Crippen molar-refractivity contribution in [3.8, 4) is 5.75 Å². The average molecular weight is 471 g/mol. The van der Waals surface area contributed by atoms with E-state index in [0.717, 1.165) is 29.0 Å². The van der Waals surface area contributed by atoms with Crippen LogP contribution in [0.1, 0.15) is 30.0 Å².